The first-order valence-corrected chi connectivity index (χ1v) is 7.74. The summed E-state index contributed by atoms with van der Waals surface area (Å²) < 4.78 is 0. The number of hydrogen-bond acceptors (Lipinski definition) is 3. The standard InChI is InChI=1S/C19H17NO2S/c1-12(23)20-19(14-6-9-15(21)10-7-14)18-16-5-3-2-4-13(16)8-11-17(18)22/h2-11,19,21-22H,1H3,(H,20,23). The second-order valence-corrected chi connectivity index (χ2v) is 6.06. The number of phenolic OH excluding ortho intramolecular Hbond substituents is 2. The van der Waals surface area contributed by atoms with Gasteiger partial charge in [-0.15, -0.1) is 0 Å². The summed E-state index contributed by atoms with van der Waals surface area (Å²) in [6.07, 6.45) is 0. The molecule has 0 aliphatic heterocycles. The second kappa shape index (κ2) is 6.26. The molecule has 0 heterocycles. The maximum absolute atomic E-state index is 10.5. The molecule has 0 fully saturated rings. The number of aromatic hydroxyl groups is 2. The van der Waals surface area contributed by atoms with Crippen molar-refractivity contribution in [2.24, 2.45) is 0 Å². The lowest BCUT2D eigenvalue weighted by Crippen LogP contribution is -2.26. The van der Waals surface area contributed by atoms with Crippen molar-refractivity contribution in [3.63, 3.8) is 0 Å². The fraction of sp³-hybridized carbons (Fsp3) is 0.105. The van der Waals surface area contributed by atoms with E-state index in [-0.39, 0.29) is 17.5 Å². The van der Waals surface area contributed by atoms with Crippen LogP contribution in [0.1, 0.15) is 24.1 Å². The number of fused-ring (bicyclic) bond motifs is 1. The first-order valence-electron chi connectivity index (χ1n) is 7.33. The highest BCUT2D eigenvalue weighted by Crippen LogP contribution is 2.36. The minimum atomic E-state index is -0.292. The lowest BCUT2D eigenvalue weighted by Gasteiger charge is -2.23. The van der Waals surface area contributed by atoms with E-state index in [4.69, 9.17) is 12.2 Å². The number of phenols is 2. The molecule has 3 aromatic rings. The molecule has 4 heteroatoms. The highest BCUT2D eigenvalue weighted by atomic mass is 32.1. The molecule has 3 nitrogen and oxygen atoms in total. The molecule has 1 atom stereocenters. The predicted octanol–water partition coefficient (Wildman–Crippen LogP) is 4.28. The molecule has 0 amide bonds. The normalized spacial score (nSPS) is 12.0. The molecule has 0 aliphatic carbocycles. The minimum absolute atomic E-state index is 0.203. The molecule has 116 valence electrons. The second-order valence-electron chi connectivity index (χ2n) is 5.44. The average Bonchev–Trinajstić information content (AvgIpc) is 2.54. The van der Waals surface area contributed by atoms with Gasteiger partial charge in [-0.25, -0.2) is 0 Å². The molecule has 0 radical (unpaired) electrons. The maximum atomic E-state index is 10.5. The van der Waals surface area contributed by atoms with E-state index in [1.165, 1.54) is 0 Å². The van der Waals surface area contributed by atoms with Gasteiger partial charge in [0.15, 0.2) is 0 Å². The van der Waals surface area contributed by atoms with Crippen LogP contribution in [0.25, 0.3) is 10.8 Å². The summed E-state index contributed by atoms with van der Waals surface area (Å²) in [6, 6.07) is 18.1. The number of nitrogens with one attached hydrogen (secondary N) is 1. The molecule has 3 rings (SSSR count). The summed E-state index contributed by atoms with van der Waals surface area (Å²) >= 11 is 5.22. The quantitative estimate of drug-likeness (QED) is 0.630. The van der Waals surface area contributed by atoms with E-state index in [0.29, 0.717) is 4.99 Å². The molecule has 0 aliphatic rings. The summed E-state index contributed by atoms with van der Waals surface area (Å²) in [5, 5.41) is 25.3. The van der Waals surface area contributed by atoms with Gasteiger partial charge in [-0.05, 0) is 41.5 Å². The van der Waals surface area contributed by atoms with E-state index in [9.17, 15) is 10.2 Å². The summed E-state index contributed by atoms with van der Waals surface area (Å²) in [7, 11) is 0. The van der Waals surface area contributed by atoms with Crippen LogP contribution >= 0.6 is 12.2 Å². The third-order valence-corrected chi connectivity index (χ3v) is 3.93. The van der Waals surface area contributed by atoms with Gasteiger partial charge < -0.3 is 15.5 Å². The Labute approximate surface area is 140 Å². The van der Waals surface area contributed by atoms with Gasteiger partial charge in [0, 0.05) is 5.56 Å². The van der Waals surface area contributed by atoms with Gasteiger partial charge in [0.25, 0.3) is 0 Å². The van der Waals surface area contributed by atoms with Gasteiger partial charge in [-0.1, -0.05) is 54.7 Å². The van der Waals surface area contributed by atoms with Crippen LogP contribution in [0, 0.1) is 0 Å². The third kappa shape index (κ3) is 3.12. The molecular formula is C19H17NO2S. The minimum Gasteiger partial charge on any atom is -0.508 e. The molecule has 1 unspecified atom stereocenters. The summed E-state index contributed by atoms with van der Waals surface area (Å²) in [5.41, 5.74) is 1.69. The van der Waals surface area contributed by atoms with Gasteiger partial charge in [0.1, 0.15) is 11.5 Å². The van der Waals surface area contributed by atoms with Crippen LogP contribution in [0.2, 0.25) is 0 Å². The largest absolute Gasteiger partial charge is 0.508 e. The van der Waals surface area contributed by atoms with Gasteiger partial charge in [0.2, 0.25) is 0 Å². The molecule has 0 saturated heterocycles. The molecule has 0 aromatic heterocycles. The van der Waals surface area contributed by atoms with Gasteiger partial charge in [0.05, 0.1) is 11.0 Å². The number of thiocarbonyl (C=S) groups is 1. The lowest BCUT2D eigenvalue weighted by atomic mass is 9.92. The first-order chi connectivity index (χ1) is 11.1. The number of hydrogen-bond donors (Lipinski definition) is 3. The van der Waals surface area contributed by atoms with Gasteiger partial charge >= 0.3 is 0 Å². The zero-order chi connectivity index (χ0) is 16.4. The Balaban J connectivity index is 2.22. The van der Waals surface area contributed by atoms with E-state index >= 15 is 0 Å². The van der Waals surface area contributed by atoms with Crippen molar-refractivity contribution in [2.75, 3.05) is 0 Å². The van der Waals surface area contributed by atoms with Crippen LogP contribution in [0.3, 0.4) is 0 Å². The monoisotopic (exact) mass is 323 g/mol. The van der Waals surface area contributed by atoms with Crippen molar-refractivity contribution >= 4 is 28.0 Å². The van der Waals surface area contributed by atoms with E-state index in [0.717, 1.165) is 21.9 Å². The molecule has 0 saturated carbocycles. The van der Waals surface area contributed by atoms with E-state index < -0.39 is 0 Å². The Kier molecular flexibility index (Phi) is 4.17. The highest BCUT2D eigenvalue weighted by molar-refractivity contribution is 7.80. The molecular weight excluding hydrogens is 306 g/mol. The molecule has 3 aromatic carbocycles. The highest BCUT2D eigenvalue weighted by Gasteiger charge is 2.20. The van der Waals surface area contributed by atoms with Crippen molar-refractivity contribution in [2.45, 2.75) is 13.0 Å². The van der Waals surface area contributed by atoms with Crippen LogP contribution in [0.4, 0.5) is 0 Å². The zero-order valence-corrected chi connectivity index (χ0v) is 13.5. The third-order valence-electron chi connectivity index (χ3n) is 3.81. The van der Waals surface area contributed by atoms with Crippen LogP contribution in [-0.4, -0.2) is 15.2 Å². The lowest BCUT2D eigenvalue weighted by molar-refractivity contribution is 0.464. The van der Waals surface area contributed by atoms with Crippen molar-refractivity contribution in [1.29, 1.82) is 0 Å². The van der Waals surface area contributed by atoms with Crippen molar-refractivity contribution in [1.82, 2.24) is 5.32 Å². The molecule has 23 heavy (non-hydrogen) atoms. The van der Waals surface area contributed by atoms with Crippen LogP contribution < -0.4 is 5.32 Å². The van der Waals surface area contributed by atoms with Crippen LogP contribution in [-0.2, 0) is 0 Å². The Morgan fingerprint density at radius 2 is 1.65 bits per heavy atom. The fourth-order valence-corrected chi connectivity index (χ4v) is 2.90. The Morgan fingerprint density at radius 3 is 2.35 bits per heavy atom. The van der Waals surface area contributed by atoms with Gasteiger partial charge in [-0.3, -0.25) is 0 Å². The maximum Gasteiger partial charge on any atom is 0.121 e. The van der Waals surface area contributed by atoms with Gasteiger partial charge in [-0.2, -0.15) is 0 Å². The van der Waals surface area contributed by atoms with Crippen LogP contribution in [0.5, 0.6) is 11.5 Å². The Hall–Kier alpha value is -2.59. The Bertz CT molecular complexity index is 859. The van der Waals surface area contributed by atoms with E-state index in [1.54, 1.807) is 18.2 Å². The van der Waals surface area contributed by atoms with E-state index in [1.807, 2.05) is 49.4 Å². The Morgan fingerprint density at radius 1 is 0.957 bits per heavy atom. The van der Waals surface area contributed by atoms with Crippen molar-refractivity contribution in [3.8, 4) is 11.5 Å². The molecule has 3 N–H and O–H groups in total. The molecule has 0 spiro atoms. The average molecular weight is 323 g/mol. The summed E-state index contributed by atoms with van der Waals surface area (Å²) in [5.74, 6) is 0.416. The first kappa shape index (κ1) is 15.3. The topological polar surface area (TPSA) is 52.5 Å². The predicted molar refractivity (Wildman–Crippen MR) is 97.0 cm³/mol. The van der Waals surface area contributed by atoms with Crippen LogP contribution in [0.15, 0.2) is 60.7 Å². The summed E-state index contributed by atoms with van der Waals surface area (Å²) in [6.45, 7) is 1.81. The number of benzene rings is 3. The molecule has 0 bridgehead atoms. The smallest absolute Gasteiger partial charge is 0.121 e. The summed E-state index contributed by atoms with van der Waals surface area (Å²) in [4.78, 5) is 0.635. The SMILES string of the molecule is CC(=S)NC(c1ccc(O)cc1)c1c(O)ccc2ccccc12. The van der Waals surface area contributed by atoms with Crippen molar-refractivity contribution in [3.05, 3.63) is 71.8 Å². The fourth-order valence-electron chi connectivity index (χ4n) is 2.78. The van der Waals surface area contributed by atoms with Crippen molar-refractivity contribution < 1.29 is 10.2 Å². The zero-order valence-electron chi connectivity index (χ0n) is 12.7. The van der Waals surface area contributed by atoms with E-state index in [2.05, 4.69) is 5.32 Å². The number of rotatable bonds is 3.